The summed E-state index contributed by atoms with van der Waals surface area (Å²) in [5.41, 5.74) is 6.99. The molecule has 1 unspecified atom stereocenters. The first-order valence-corrected chi connectivity index (χ1v) is 10.8. The number of aromatic nitrogens is 3. The van der Waals surface area contributed by atoms with Gasteiger partial charge in [0.25, 0.3) is 6.43 Å². The zero-order valence-electron chi connectivity index (χ0n) is 18.0. The van der Waals surface area contributed by atoms with Crippen LogP contribution in [0.3, 0.4) is 0 Å². The minimum Gasteiger partial charge on any atom is -0.338 e. The van der Waals surface area contributed by atoms with Gasteiger partial charge in [0.2, 0.25) is 11.8 Å². The van der Waals surface area contributed by atoms with Crippen molar-refractivity contribution in [3.8, 4) is 11.4 Å². The molecular weight excluding hydrogens is 437 g/mol. The predicted octanol–water partition coefficient (Wildman–Crippen LogP) is 2.04. The highest BCUT2D eigenvalue weighted by Gasteiger charge is 2.31. The molecule has 0 aliphatic carbocycles. The van der Waals surface area contributed by atoms with Crippen LogP contribution in [0, 0.1) is 0 Å². The molecule has 0 bridgehead atoms. The Morgan fingerprint density at radius 1 is 1.27 bits per heavy atom. The lowest BCUT2D eigenvalue weighted by atomic mass is 10.0. The molecule has 4 rings (SSSR count). The highest BCUT2D eigenvalue weighted by atomic mass is 19.3. The van der Waals surface area contributed by atoms with Gasteiger partial charge in [0.15, 0.2) is 5.82 Å². The zero-order valence-corrected chi connectivity index (χ0v) is 18.0. The molecular formula is C22H25F3N6O2. The Balaban J connectivity index is 1.46. The third-order valence-electron chi connectivity index (χ3n) is 5.91. The van der Waals surface area contributed by atoms with Crippen LogP contribution in [0.25, 0.3) is 11.4 Å². The monoisotopic (exact) mass is 462 g/mol. The molecule has 2 amide bonds. The number of carbonyl (C=O) groups is 2. The number of carbonyl (C=O) groups excluding carboxylic acids is 2. The van der Waals surface area contributed by atoms with Crippen molar-refractivity contribution in [1.82, 2.24) is 24.8 Å². The van der Waals surface area contributed by atoms with Crippen molar-refractivity contribution in [2.75, 3.05) is 19.6 Å². The molecule has 0 radical (unpaired) electrons. The highest BCUT2D eigenvalue weighted by Crippen LogP contribution is 2.30. The lowest BCUT2D eigenvalue weighted by Crippen LogP contribution is -2.48. The maximum absolute atomic E-state index is 13.7. The fourth-order valence-electron chi connectivity index (χ4n) is 4.22. The van der Waals surface area contributed by atoms with E-state index in [1.54, 1.807) is 18.3 Å². The number of pyridine rings is 1. The number of amides is 2. The summed E-state index contributed by atoms with van der Waals surface area (Å²) in [5.74, 6) is -0.306. The Morgan fingerprint density at radius 2 is 2.09 bits per heavy atom. The molecule has 0 aromatic carbocycles. The Kier molecular flexibility index (Phi) is 6.87. The molecule has 11 heteroatoms. The van der Waals surface area contributed by atoms with Crippen molar-refractivity contribution in [3.63, 3.8) is 0 Å². The van der Waals surface area contributed by atoms with E-state index in [0.717, 1.165) is 0 Å². The van der Waals surface area contributed by atoms with Gasteiger partial charge in [0, 0.05) is 55.5 Å². The highest BCUT2D eigenvalue weighted by molar-refractivity contribution is 5.78. The van der Waals surface area contributed by atoms with E-state index in [-0.39, 0.29) is 75.2 Å². The summed E-state index contributed by atoms with van der Waals surface area (Å²) in [4.78, 5) is 40.2. The second-order valence-electron chi connectivity index (χ2n) is 8.36. The van der Waals surface area contributed by atoms with E-state index in [2.05, 4.69) is 15.0 Å². The predicted molar refractivity (Wildman–Crippen MR) is 113 cm³/mol. The van der Waals surface area contributed by atoms with E-state index in [0.29, 0.717) is 16.8 Å². The van der Waals surface area contributed by atoms with Gasteiger partial charge in [-0.1, -0.05) is 0 Å². The molecule has 176 valence electrons. The van der Waals surface area contributed by atoms with E-state index in [4.69, 9.17) is 5.73 Å². The first-order chi connectivity index (χ1) is 15.8. The van der Waals surface area contributed by atoms with Gasteiger partial charge in [-0.05, 0) is 25.0 Å². The van der Waals surface area contributed by atoms with Crippen LogP contribution in [-0.4, -0.2) is 68.4 Å². The fourth-order valence-corrected chi connectivity index (χ4v) is 4.22. The largest absolute Gasteiger partial charge is 0.338 e. The quantitative estimate of drug-likeness (QED) is 0.705. The fraction of sp³-hybridized carbons (Fsp3) is 0.500. The molecule has 0 saturated carbocycles. The van der Waals surface area contributed by atoms with Crippen molar-refractivity contribution < 1.29 is 22.8 Å². The minimum absolute atomic E-state index is 0.0116. The Labute approximate surface area is 189 Å². The van der Waals surface area contributed by atoms with Crippen LogP contribution in [-0.2, 0) is 22.6 Å². The molecule has 1 saturated heterocycles. The molecule has 4 heterocycles. The topological polar surface area (TPSA) is 105 Å². The molecule has 2 aliphatic heterocycles. The number of fused-ring (bicyclic) bond motifs is 1. The molecule has 2 aromatic heterocycles. The van der Waals surface area contributed by atoms with Gasteiger partial charge >= 0.3 is 0 Å². The average Bonchev–Trinajstić information content (AvgIpc) is 2.80. The molecule has 2 aliphatic rings. The first-order valence-electron chi connectivity index (χ1n) is 10.8. The smallest absolute Gasteiger partial charge is 0.280 e. The van der Waals surface area contributed by atoms with E-state index in [1.165, 1.54) is 16.0 Å². The minimum atomic E-state index is -2.77. The number of piperidine rings is 1. The van der Waals surface area contributed by atoms with E-state index >= 15 is 0 Å². The van der Waals surface area contributed by atoms with Gasteiger partial charge in [-0.25, -0.2) is 23.1 Å². The molecule has 1 fully saturated rings. The molecule has 8 nitrogen and oxygen atoms in total. The zero-order chi connectivity index (χ0) is 23.5. The van der Waals surface area contributed by atoms with Gasteiger partial charge in [-0.15, -0.1) is 0 Å². The molecule has 2 atom stereocenters. The van der Waals surface area contributed by atoms with Crippen LogP contribution in [0.2, 0.25) is 0 Å². The van der Waals surface area contributed by atoms with Gasteiger partial charge < -0.3 is 15.5 Å². The number of likely N-dealkylation sites (tertiary alicyclic amines) is 1. The summed E-state index contributed by atoms with van der Waals surface area (Å²) in [5, 5.41) is 0. The summed E-state index contributed by atoms with van der Waals surface area (Å²) >= 11 is 0. The molecule has 33 heavy (non-hydrogen) atoms. The standard InChI is InChI=1S/C22H25F3N6O2/c23-14-3-4-18(32)31(10-14)11-15(26)8-19(33)30-7-5-16-17(12-30)28-22(29-20(16)21(24)25)13-2-1-6-27-9-13/h1-2,6,9,14-15,21H,3-5,7-8,10-12,26H2/t14?,15-/m0/s1. The van der Waals surface area contributed by atoms with Gasteiger partial charge in [0.1, 0.15) is 11.9 Å². The van der Waals surface area contributed by atoms with E-state index < -0.39 is 18.6 Å². The molecule has 2 N–H and O–H groups in total. The lowest BCUT2D eigenvalue weighted by Gasteiger charge is -2.33. The number of nitrogens with two attached hydrogens (primary N) is 1. The van der Waals surface area contributed by atoms with Crippen molar-refractivity contribution in [2.45, 2.75) is 50.9 Å². The van der Waals surface area contributed by atoms with Crippen LogP contribution < -0.4 is 5.73 Å². The average molecular weight is 462 g/mol. The van der Waals surface area contributed by atoms with Crippen LogP contribution in [0.15, 0.2) is 24.5 Å². The summed E-state index contributed by atoms with van der Waals surface area (Å²) < 4.78 is 41.0. The number of hydrogen-bond acceptors (Lipinski definition) is 6. The van der Waals surface area contributed by atoms with E-state index in [1.807, 2.05) is 0 Å². The first kappa shape index (κ1) is 23.1. The summed E-state index contributed by atoms with van der Waals surface area (Å²) in [6, 6.07) is 2.69. The lowest BCUT2D eigenvalue weighted by molar-refractivity contribution is -0.137. The second kappa shape index (κ2) is 9.82. The molecule has 2 aromatic rings. The summed E-state index contributed by atoms with van der Waals surface area (Å²) in [6.45, 7) is 0.384. The van der Waals surface area contributed by atoms with Crippen LogP contribution >= 0.6 is 0 Å². The van der Waals surface area contributed by atoms with Crippen molar-refractivity contribution >= 4 is 11.8 Å². The van der Waals surface area contributed by atoms with Gasteiger partial charge in [-0.2, -0.15) is 0 Å². The Hall–Kier alpha value is -3.08. The number of hydrogen-bond donors (Lipinski definition) is 1. The Bertz CT molecular complexity index is 1020. The SMILES string of the molecule is N[C@@H](CC(=O)N1CCc2c(nc(-c3cccnc3)nc2C(F)F)C1)CN1CC(F)CCC1=O. The number of halogens is 3. The van der Waals surface area contributed by atoms with Crippen LogP contribution in [0.1, 0.15) is 42.6 Å². The normalized spacial score (nSPS) is 19.5. The van der Waals surface area contributed by atoms with Crippen molar-refractivity contribution in [2.24, 2.45) is 5.73 Å². The van der Waals surface area contributed by atoms with Gasteiger partial charge in [0.05, 0.1) is 18.8 Å². The number of rotatable bonds is 6. The van der Waals surface area contributed by atoms with Gasteiger partial charge in [-0.3, -0.25) is 14.6 Å². The summed E-state index contributed by atoms with van der Waals surface area (Å²) in [6.07, 6.45) is -0.293. The van der Waals surface area contributed by atoms with Crippen LogP contribution in [0.4, 0.5) is 13.2 Å². The summed E-state index contributed by atoms with van der Waals surface area (Å²) in [7, 11) is 0. The number of alkyl halides is 3. The molecule has 0 spiro atoms. The van der Waals surface area contributed by atoms with E-state index in [9.17, 15) is 22.8 Å². The third kappa shape index (κ3) is 5.29. The maximum atomic E-state index is 13.7. The second-order valence-corrected chi connectivity index (χ2v) is 8.36. The number of nitrogens with zero attached hydrogens (tertiary/aromatic N) is 5. The van der Waals surface area contributed by atoms with Crippen molar-refractivity contribution in [1.29, 1.82) is 0 Å². The Morgan fingerprint density at radius 3 is 2.82 bits per heavy atom. The third-order valence-corrected chi connectivity index (χ3v) is 5.91. The van der Waals surface area contributed by atoms with Crippen LogP contribution in [0.5, 0.6) is 0 Å². The van der Waals surface area contributed by atoms with Crippen molar-refractivity contribution in [3.05, 3.63) is 41.5 Å². The maximum Gasteiger partial charge on any atom is 0.280 e.